The number of hydrogen-bond acceptors (Lipinski definition) is 18. The quantitative estimate of drug-likeness (QED) is 0.0189. The summed E-state index contributed by atoms with van der Waals surface area (Å²) in [5.41, 5.74) is 5.94. The molecule has 1 heterocycles. The Morgan fingerprint density at radius 3 is 1.42 bits per heavy atom. The maximum Gasteiger partial charge on any atom is 1.00 e. The number of phosphoric acid groups is 1. The van der Waals surface area contributed by atoms with Crippen LogP contribution in [0.1, 0.15) is 194 Å². The van der Waals surface area contributed by atoms with Gasteiger partial charge in [-0.3, -0.25) is 14.2 Å². The van der Waals surface area contributed by atoms with Crippen LogP contribution < -0.4 is 40.2 Å². The van der Waals surface area contributed by atoms with E-state index >= 15 is 0 Å². The molecule has 20 heteroatoms. The van der Waals surface area contributed by atoms with Crippen LogP contribution in [0.15, 0.2) is 0 Å². The molecule has 9 N–H and O–H groups in total. The van der Waals surface area contributed by atoms with Crippen LogP contribution in [-0.4, -0.2) is 141 Å². The zero-order chi connectivity index (χ0) is 48.7. The van der Waals surface area contributed by atoms with Crippen molar-refractivity contribution in [1.29, 1.82) is 0 Å². The third-order valence-electron chi connectivity index (χ3n) is 12.6. The molecule has 2 aliphatic rings. The van der Waals surface area contributed by atoms with Crippen molar-refractivity contribution in [3.05, 3.63) is 0 Å². The molecule has 0 radical (unpaired) electrons. The van der Waals surface area contributed by atoms with Gasteiger partial charge in [-0.25, -0.2) is 0 Å². The van der Waals surface area contributed by atoms with E-state index in [1.165, 1.54) is 103 Å². The Hall–Kier alpha value is -0.350. The van der Waals surface area contributed by atoms with E-state index in [-0.39, 0.29) is 42.4 Å². The zero-order valence-electron chi connectivity index (χ0n) is 41.1. The Morgan fingerprint density at radius 2 is 0.985 bits per heavy atom. The molecule has 1 saturated heterocycles. The molecular formula is C47H89NNaO17P. The number of nitrogens with two attached hydrogens (primary N) is 1. The molecule has 2 fully saturated rings. The minimum Gasteiger partial charge on any atom is -0.756 e. The van der Waals surface area contributed by atoms with Gasteiger partial charge in [0, 0.05) is 12.8 Å². The Morgan fingerprint density at radius 1 is 0.582 bits per heavy atom. The van der Waals surface area contributed by atoms with Gasteiger partial charge in [-0.05, 0) is 12.8 Å². The summed E-state index contributed by atoms with van der Waals surface area (Å²) < 4.78 is 45.4. The van der Waals surface area contributed by atoms with Crippen molar-refractivity contribution in [3.63, 3.8) is 0 Å². The Kier molecular flexibility index (Phi) is 37.0. The van der Waals surface area contributed by atoms with Crippen molar-refractivity contribution < 1.29 is 112 Å². The molecule has 13 atom stereocenters. The van der Waals surface area contributed by atoms with Crippen LogP contribution in [-0.2, 0) is 42.1 Å². The number of aliphatic hydroxyl groups is 7. The molecule has 1 aliphatic heterocycles. The van der Waals surface area contributed by atoms with Gasteiger partial charge in [0.15, 0.2) is 12.4 Å². The second kappa shape index (κ2) is 38.3. The van der Waals surface area contributed by atoms with Crippen molar-refractivity contribution in [1.82, 2.24) is 0 Å². The van der Waals surface area contributed by atoms with Gasteiger partial charge in [0.1, 0.15) is 61.5 Å². The molecule has 1 aliphatic carbocycles. The maximum atomic E-state index is 13.3. The molecule has 67 heavy (non-hydrogen) atoms. The number of unbranched alkanes of at least 4 members (excludes halogenated alkanes) is 24. The van der Waals surface area contributed by atoms with Gasteiger partial charge in [-0.15, -0.1) is 0 Å². The summed E-state index contributed by atoms with van der Waals surface area (Å²) in [5.74, 6) is -1.22. The van der Waals surface area contributed by atoms with Crippen molar-refractivity contribution >= 4 is 19.8 Å². The van der Waals surface area contributed by atoms with Crippen molar-refractivity contribution in [3.8, 4) is 0 Å². The number of rotatable bonds is 39. The molecule has 1 saturated carbocycles. The smallest absolute Gasteiger partial charge is 0.756 e. The molecule has 0 aromatic rings. The van der Waals surface area contributed by atoms with Crippen LogP contribution in [0.5, 0.6) is 0 Å². The minimum atomic E-state index is -5.58. The fraction of sp³-hybridized carbons (Fsp3) is 0.957. The average molecular weight is 994 g/mol. The van der Waals surface area contributed by atoms with Crippen molar-refractivity contribution in [2.75, 3.05) is 19.8 Å². The van der Waals surface area contributed by atoms with E-state index < -0.39 is 113 Å². The standard InChI is InChI=1S/C47H90NO17P.Na/c1-3-5-7-9-11-13-15-17-19-21-23-25-27-29-36(50)60-32-34(62-37(51)30-28-26-24-22-20-18-16-14-12-10-8-6-4-2)33-61-66(58,59)65-46-44(57)42(55)41(54)43(56)45(46)64-47-38(48)40(53)39(52)35(31-49)63-47;/h34-35,38-47,49,52-57H,3-33,48H2,1-2H3,(H,58,59);/q;+1/p-1/t34-,35-,38-,39-,40-,41+,42+,43-,44+,45+,46+,47-;/m1./s1. The molecular weight excluding hydrogens is 904 g/mol. The number of carbonyl (C=O) groups is 2. The van der Waals surface area contributed by atoms with Crippen molar-refractivity contribution in [2.24, 2.45) is 5.73 Å². The SMILES string of the molecule is CCCCCCCCCCCCCCCC(=O)OC[C@H](COP(=O)([O-])O[C@H]1[C@@H](O)[C@@H](O)[C@H](O)[C@@H](O)[C@@H]1O[C@H]1O[C@H](CO)[C@@H](O)[C@H](O)[C@H]1N)OC(=O)CCCCCCCCCCCCCCC.[Na+]. The first-order chi connectivity index (χ1) is 31.7. The van der Waals surface area contributed by atoms with Gasteiger partial charge < -0.3 is 74.4 Å². The van der Waals surface area contributed by atoms with Gasteiger partial charge in [0.25, 0.3) is 7.82 Å². The fourth-order valence-corrected chi connectivity index (χ4v) is 9.34. The van der Waals surface area contributed by atoms with E-state index in [0.717, 1.165) is 51.4 Å². The van der Waals surface area contributed by atoms with E-state index in [2.05, 4.69) is 13.8 Å². The Labute approximate surface area is 422 Å². The third kappa shape index (κ3) is 26.8. The molecule has 0 aromatic heterocycles. The van der Waals surface area contributed by atoms with Crippen LogP contribution in [0.25, 0.3) is 0 Å². The number of aliphatic hydroxyl groups excluding tert-OH is 7. The number of phosphoric ester groups is 1. The zero-order valence-corrected chi connectivity index (χ0v) is 44.0. The number of hydrogen-bond donors (Lipinski definition) is 8. The van der Waals surface area contributed by atoms with Gasteiger partial charge in [-0.1, -0.05) is 168 Å². The van der Waals surface area contributed by atoms with Crippen LogP contribution in [0.3, 0.4) is 0 Å². The molecule has 2 rings (SSSR count). The molecule has 0 spiro atoms. The van der Waals surface area contributed by atoms with E-state index in [0.29, 0.717) is 12.8 Å². The predicted octanol–water partition coefficient (Wildman–Crippen LogP) is 1.89. The second-order valence-corrected chi connectivity index (χ2v) is 19.8. The monoisotopic (exact) mass is 994 g/mol. The summed E-state index contributed by atoms with van der Waals surface area (Å²) in [6.07, 6.45) is 8.83. The summed E-state index contributed by atoms with van der Waals surface area (Å²) >= 11 is 0. The van der Waals surface area contributed by atoms with Gasteiger partial charge in [0.2, 0.25) is 0 Å². The van der Waals surface area contributed by atoms with Crippen LogP contribution >= 0.6 is 7.82 Å². The molecule has 0 bridgehead atoms. The summed E-state index contributed by atoms with van der Waals surface area (Å²) in [7, 11) is -5.58. The first kappa shape index (κ1) is 64.7. The van der Waals surface area contributed by atoms with Crippen LogP contribution in [0, 0.1) is 0 Å². The van der Waals surface area contributed by atoms with Gasteiger partial charge in [0.05, 0.1) is 19.3 Å². The number of esters is 2. The molecule has 18 nitrogen and oxygen atoms in total. The number of ether oxygens (including phenoxy) is 4. The summed E-state index contributed by atoms with van der Waals surface area (Å²) in [6.45, 7) is 2.22. The van der Waals surface area contributed by atoms with Crippen molar-refractivity contribution in [2.45, 2.75) is 267 Å². The Bertz CT molecular complexity index is 1310. The predicted molar refractivity (Wildman–Crippen MR) is 245 cm³/mol. The summed E-state index contributed by atoms with van der Waals surface area (Å²) in [6, 6.07) is -1.53. The van der Waals surface area contributed by atoms with E-state index in [1.54, 1.807) is 0 Å². The number of carbonyl (C=O) groups excluding carboxylic acids is 2. The maximum absolute atomic E-state index is 13.3. The van der Waals surface area contributed by atoms with E-state index in [9.17, 15) is 54.8 Å². The first-order valence-corrected chi connectivity index (χ1v) is 26.9. The van der Waals surface area contributed by atoms with E-state index in [1.807, 2.05) is 0 Å². The fourth-order valence-electron chi connectivity index (χ4n) is 8.39. The largest absolute Gasteiger partial charge is 1.00 e. The van der Waals surface area contributed by atoms with Gasteiger partial charge in [-0.2, -0.15) is 0 Å². The third-order valence-corrected chi connectivity index (χ3v) is 13.6. The molecule has 1 unspecified atom stereocenters. The summed E-state index contributed by atoms with van der Waals surface area (Å²) in [5, 5.41) is 72.6. The Balaban J connectivity index is 0.0000224. The van der Waals surface area contributed by atoms with E-state index in [4.69, 9.17) is 33.7 Å². The topological polar surface area (TPSA) is 297 Å². The molecule has 0 amide bonds. The normalized spacial score (nSPS) is 27.8. The van der Waals surface area contributed by atoms with Gasteiger partial charge >= 0.3 is 41.5 Å². The first-order valence-electron chi connectivity index (χ1n) is 25.4. The van der Waals surface area contributed by atoms with Crippen LogP contribution in [0.2, 0.25) is 0 Å². The minimum absolute atomic E-state index is 0. The average Bonchev–Trinajstić information content (AvgIpc) is 3.29. The molecule has 390 valence electrons. The second-order valence-electron chi connectivity index (χ2n) is 18.4. The molecule has 0 aromatic carbocycles. The summed E-state index contributed by atoms with van der Waals surface area (Å²) in [4.78, 5) is 39.0. The van der Waals surface area contributed by atoms with Crippen LogP contribution in [0.4, 0.5) is 0 Å².